The summed E-state index contributed by atoms with van der Waals surface area (Å²) in [6, 6.07) is 41.9. The Morgan fingerprint density at radius 3 is 1.44 bits per heavy atom. The summed E-state index contributed by atoms with van der Waals surface area (Å²) < 4.78 is 0. The van der Waals surface area contributed by atoms with Crippen molar-refractivity contribution in [3.05, 3.63) is 144 Å². The Labute approximate surface area is 203 Å². The molecule has 0 aliphatic heterocycles. The summed E-state index contributed by atoms with van der Waals surface area (Å²) in [6.45, 7) is 2.84. The first-order valence-electron chi connectivity index (χ1n) is 12.1. The molecule has 34 heavy (non-hydrogen) atoms. The molecule has 4 aromatic rings. The predicted octanol–water partition coefficient (Wildman–Crippen LogP) is 5.45. The summed E-state index contributed by atoms with van der Waals surface area (Å²) in [5.41, 5.74) is 4.96. The third kappa shape index (κ3) is 7.39. The van der Waals surface area contributed by atoms with Gasteiger partial charge in [-0.25, -0.2) is 0 Å². The minimum atomic E-state index is -0.517. The summed E-state index contributed by atoms with van der Waals surface area (Å²) in [4.78, 5) is 2.42. The number of aliphatic hydroxyl groups excluding tert-OH is 1. The standard InChI is InChI=1S/C31H34N2O/c34-31(23-32-22-27-15-7-2-8-16-27)30(21-26-13-5-1-6-14-26)33(24-28-17-9-3-10-18-28)25-29-19-11-4-12-20-29/h1-20,30-32,34H,21-25H2/t30-,31+/m0/s1. The van der Waals surface area contributed by atoms with Gasteiger partial charge in [0.1, 0.15) is 0 Å². The predicted molar refractivity (Wildman–Crippen MR) is 140 cm³/mol. The first-order valence-corrected chi connectivity index (χ1v) is 12.1. The van der Waals surface area contributed by atoms with Gasteiger partial charge in [0.05, 0.1) is 6.10 Å². The molecule has 0 heterocycles. The van der Waals surface area contributed by atoms with Crippen LogP contribution in [0.25, 0.3) is 0 Å². The van der Waals surface area contributed by atoms with E-state index in [-0.39, 0.29) is 6.04 Å². The van der Waals surface area contributed by atoms with E-state index in [0.29, 0.717) is 6.54 Å². The molecule has 0 fully saturated rings. The number of hydrogen-bond acceptors (Lipinski definition) is 3. The van der Waals surface area contributed by atoms with E-state index >= 15 is 0 Å². The van der Waals surface area contributed by atoms with E-state index in [1.807, 2.05) is 24.3 Å². The lowest BCUT2D eigenvalue weighted by Crippen LogP contribution is -2.48. The van der Waals surface area contributed by atoms with Gasteiger partial charge in [-0.1, -0.05) is 121 Å². The van der Waals surface area contributed by atoms with Gasteiger partial charge < -0.3 is 10.4 Å². The second-order valence-corrected chi connectivity index (χ2v) is 8.82. The van der Waals surface area contributed by atoms with Crippen LogP contribution in [0.3, 0.4) is 0 Å². The molecule has 2 atom stereocenters. The fourth-order valence-electron chi connectivity index (χ4n) is 4.39. The third-order valence-electron chi connectivity index (χ3n) is 6.18. The minimum absolute atomic E-state index is 0.0360. The molecule has 0 saturated carbocycles. The maximum absolute atomic E-state index is 11.5. The monoisotopic (exact) mass is 450 g/mol. The van der Waals surface area contributed by atoms with Crippen LogP contribution in [0.1, 0.15) is 22.3 Å². The summed E-state index contributed by atoms with van der Waals surface area (Å²) >= 11 is 0. The topological polar surface area (TPSA) is 35.5 Å². The van der Waals surface area contributed by atoms with Gasteiger partial charge >= 0.3 is 0 Å². The summed E-state index contributed by atoms with van der Waals surface area (Å²) in [7, 11) is 0. The maximum atomic E-state index is 11.5. The van der Waals surface area contributed by atoms with Gasteiger partial charge in [0, 0.05) is 32.2 Å². The minimum Gasteiger partial charge on any atom is -0.390 e. The molecule has 174 valence electrons. The Morgan fingerprint density at radius 1 is 0.559 bits per heavy atom. The van der Waals surface area contributed by atoms with Gasteiger partial charge in [-0.3, -0.25) is 4.90 Å². The van der Waals surface area contributed by atoms with E-state index in [0.717, 1.165) is 26.1 Å². The van der Waals surface area contributed by atoms with Gasteiger partial charge in [-0.05, 0) is 28.7 Å². The number of hydrogen-bond donors (Lipinski definition) is 2. The average molecular weight is 451 g/mol. The van der Waals surface area contributed by atoms with Crippen LogP contribution >= 0.6 is 0 Å². The molecule has 4 rings (SSSR count). The van der Waals surface area contributed by atoms with Crippen molar-refractivity contribution in [1.82, 2.24) is 10.2 Å². The fourth-order valence-corrected chi connectivity index (χ4v) is 4.39. The Bertz CT molecular complexity index is 1030. The smallest absolute Gasteiger partial charge is 0.0823 e. The van der Waals surface area contributed by atoms with Crippen LogP contribution in [0.15, 0.2) is 121 Å². The molecule has 0 bridgehead atoms. The maximum Gasteiger partial charge on any atom is 0.0823 e. The first kappa shape index (κ1) is 23.9. The molecule has 0 aliphatic carbocycles. The molecule has 3 heteroatoms. The lowest BCUT2D eigenvalue weighted by Gasteiger charge is -2.35. The van der Waals surface area contributed by atoms with Crippen LogP contribution < -0.4 is 5.32 Å². The van der Waals surface area contributed by atoms with Gasteiger partial charge in [0.25, 0.3) is 0 Å². The van der Waals surface area contributed by atoms with Crippen LogP contribution in [-0.4, -0.2) is 28.7 Å². The van der Waals surface area contributed by atoms with Gasteiger partial charge in [-0.15, -0.1) is 0 Å². The van der Waals surface area contributed by atoms with Crippen molar-refractivity contribution in [3.63, 3.8) is 0 Å². The molecule has 0 aromatic heterocycles. The number of aliphatic hydroxyl groups is 1. The van der Waals surface area contributed by atoms with Gasteiger partial charge in [0.15, 0.2) is 0 Å². The zero-order valence-corrected chi connectivity index (χ0v) is 19.6. The Balaban J connectivity index is 1.55. The van der Waals surface area contributed by atoms with Crippen molar-refractivity contribution in [3.8, 4) is 0 Å². The molecule has 0 amide bonds. The second-order valence-electron chi connectivity index (χ2n) is 8.82. The Morgan fingerprint density at radius 2 is 0.971 bits per heavy atom. The normalized spacial score (nSPS) is 13.0. The number of nitrogens with zero attached hydrogens (tertiary/aromatic N) is 1. The van der Waals surface area contributed by atoms with Crippen molar-refractivity contribution in [2.45, 2.75) is 38.2 Å². The van der Waals surface area contributed by atoms with E-state index < -0.39 is 6.10 Å². The molecule has 0 spiro atoms. The lowest BCUT2D eigenvalue weighted by molar-refractivity contribution is 0.0392. The molecule has 2 N–H and O–H groups in total. The van der Waals surface area contributed by atoms with E-state index in [1.165, 1.54) is 22.3 Å². The van der Waals surface area contributed by atoms with E-state index in [1.54, 1.807) is 0 Å². The fraction of sp³-hybridized carbons (Fsp3) is 0.226. The molecular formula is C31H34N2O. The van der Waals surface area contributed by atoms with Crippen LogP contribution in [0, 0.1) is 0 Å². The molecule has 0 unspecified atom stereocenters. The molecule has 0 saturated heterocycles. The van der Waals surface area contributed by atoms with Crippen molar-refractivity contribution in [2.75, 3.05) is 6.54 Å². The number of nitrogens with one attached hydrogen (secondary N) is 1. The number of rotatable bonds is 12. The van der Waals surface area contributed by atoms with Crippen molar-refractivity contribution in [2.24, 2.45) is 0 Å². The average Bonchev–Trinajstić information content (AvgIpc) is 2.89. The summed E-state index contributed by atoms with van der Waals surface area (Å²) in [5.74, 6) is 0. The van der Waals surface area contributed by atoms with Crippen molar-refractivity contribution < 1.29 is 5.11 Å². The lowest BCUT2D eigenvalue weighted by atomic mass is 9.97. The zero-order valence-electron chi connectivity index (χ0n) is 19.6. The highest BCUT2D eigenvalue weighted by molar-refractivity contribution is 5.20. The SMILES string of the molecule is O[C@H](CNCc1ccccc1)[C@H](Cc1ccccc1)N(Cc1ccccc1)Cc1ccccc1. The largest absolute Gasteiger partial charge is 0.390 e. The van der Waals surface area contributed by atoms with Crippen LogP contribution in [0.4, 0.5) is 0 Å². The number of benzene rings is 4. The third-order valence-corrected chi connectivity index (χ3v) is 6.18. The van der Waals surface area contributed by atoms with E-state index in [4.69, 9.17) is 0 Å². The quantitative estimate of drug-likeness (QED) is 0.301. The molecule has 4 aromatic carbocycles. The molecular weight excluding hydrogens is 416 g/mol. The Hall–Kier alpha value is -3.24. The van der Waals surface area contributed by atoms with Crippen LogP contribution in [0.5, 0.6) is 0 Å². The van der Waals surface area contributed by atoms with Crippen molar-refractivity contribution >= 4 is 0 Å². The highest BCUT2D eigenvalue weighted by Crippen LogP contribution is 2.19. The van der Waals surface area contributed by atoms with Crippen LogP contribution in [0.2, 0.25) is 0 Å². The van der Waals surface area contributed by atoms with Crippen molar-refractivity contribution in [1.29, 1.82) is 0 Å². The summed E-state index contributed by atoms with van der Waals surface area (Å²) in [5, 5.41) is 14.9. The molecule has 0 radical (unpaired) electrons. The molecule has 3 nitrogen and oxygen atoms in total. The van der Waals surface area contributed by atoms with Crippen LogP contribution in [-0.2, 0) is 26.1 Å². The second kappa shape index (κ2) is 12.9. The highest BCUT2D eigenvalue weighted by Gasteiger charge is 2.27. The van der Waals surface area contributed by atoms with E-state index in [9.17, 15) is 5.11 Å². The summed E-state index contributed by atoms with van der Waals surface area (Å²) in [6.07, 6.45) is 0.269. The van der Waals surface area contributed by atoms with Gasteiger partial charge in [0.2, 0.25) is 0 Å². The highest BCUT2D eigenvalue weighted by atomic mass is 16.3. The zero-order chi connectivity index (χ0) is 23.4. The Kier molecular flexibility index (Phi) is 9.04. The molecule has 0 aliphatic rings. The first-order chi connectivity index (χ1) is 16.8. The van der Waals surface area contributed by atoms with E-state index in [2.05, 4.69) is 107 Å². The van der Waals surface area contributed by atoms with Gasteiger partial charge in [-0.2, -0.15) is 0 Å².